The average Bonchev–Trinajstić information content (AvgIpc) is 2.96. The summed E-state index contributed by atoms with van der Waals surface area (Å²) >= 11 is 0. The highest BCUT2D eigenvalue weighted by Gasteiger charge is 2.15. The molecule has 3 rings (SSSR count). The molecule has 1 amide bonds. The average molecular weight is 338 g/mol. The van der Waals surface area contributed by atoms with Gasteiger partial charge in [0.2, 0.25) is 5.91 Å². The fourth-order valence-corrected chi connectivity index (χ4v) is 2.66. The summed E-state index contributed by atoms with van der Waals surface area (Å²) in [6, 6.07) is 10.3. The van der Waals surface area contributed by atoms with Gasteiger partial charge in [-0.15, -0.1) is 0 Å². The minimum atomic E-state index is -0.471. The molecule has 0 aliphatic carbocycles. The second-order valence-electron chi connectivity index (χ2n) is 5.86. The van der Waals surface area contributed by atoms with E-state index in [4.69, 9.17) is 0 Å². The topological polar surface area (TPSA) is 89.5 Å². The Labute approximate surface area is 144 Å². The van der Waals surface area contributed by atoms with Crippen molar-refractivity contribution in [3.63, 3.8) is 0 Å². The standard InChI is InChI=1S/C18H18N4O3/c1-13-7-9-21-12-15(20-17(21)10-13)6-8-19-18(23)11-14-4-2-3-5-16(14)22(24)25/h2-5,7,9-10,12H,6,8,11H2,1H3,(H,19,23). The molecular formula is C18H18N4O3. The first-order chi connectivity index (χ1) is 12.0. The number of nitrogens with one attached hydrogen (secondary N) is 1. The molecule has 7 heteroatoms. The number of nitrogens with zero attached hydrogens (tertiary/aromatic N) is 3. The van der Waals surface area contributed by atoms with Crippen LogP contribution in [0.5, 0.6) is 0 Å². The summed E-state index contributed by atoms with van der Waals surface area (Å²) in [7, 11) is 0. The Kier molecular flexibility index (Phi) is 4.74. The van der Waals surface area contributed by atoms with E-state index >= 15 is 0 Å². The second-order valence-corrected chi connectivity index (χ2v) is 5.86. The predicted octanol–water partition coefficient (Wildman–Crippen LogP) is 2.45. The van der Waals surface area contributed by atoms with E-state index in [1.807, 2.05) is 35.9 Å². The molecule has 1 aromatic carbocycles. The van der Waals surface area contributed by atoms with Crippen LogP contribution in [0, 0.1) is 17.0 Å². The molecule has 0 unspecified atom stereocenters. The van der Waals surface area contributed by atoms with Crippen LogP contribution in [0.1, 0.15) is 16.8 Å². The molecule has 25 heavy (non-hydrogen) atoms. The van der Waals surface area contributed by atoms with E-state index in [0.29, 0.717) is 18.5 Å². The number of pyridine rings is 1. The summed E-state index contributed by atoms with van der Waals surface area (Å²) in [6.07, 6.45) is 4.47. The number of carbonyl (C=O) groups is 1. The SMILES string of the molecule is Cc1ccn2cc(CCNC(=O)Cc3ccccc3[N+](=O)[O-])nc2c1. The highest BCUT2D eigenvalue weighted by Crippen LogP contribution is 2.17. The van der Waals surface area contributed by atoms with Gasteiger partial charge in [0.25, 0.3) is 5.69 Å². The first kappa shape index (κ1) is 16.6. The molecule has 0 saturated heterocycles. The molecule has 0 radical (unpaired) electrons. The van der Waals surface area contributed by atoms with E-state index < -0.39 is 4.92 Å². The van der Waals surface area contributed by atoms with Crippen molar-refractivity contribution in [1.29, 1.82) is 0 Å². The Bertz CT molecular complexity index is 933. The Hall–Kier alpha value is -3.22. The number of rotatable bonds is 6. The number of para-hydroxylation sites is 1. The van der Waals surface area contributed by atoms with Crippen LogP contribution in [0.2, 0.25) is 0 Å². The number of amides is 1. The summed E-state index contributed by atoms with van der Waals surface area (Å²) in [5.41, 5.74) is 3.28. The number of aromatic nitrogens is 2. The molecule has 128 valence electrons. The number of nitro groups is 1. The fraction of sp³-hybridized carbons (Fsp3) is 0.222. The zero-order chi connectivity index (χ0) is 17.8. The summed E-state index contributed by atoms with van der Waals surface area (Å²) in [4.78, 5) is 27.1. The molecule has 0 bridgehead atoms. The van der Waals surface area contributed by atoms with E-state index in [0.717, 1.165) is 16.9 Å². The molecule has 0 aliphatic heterocycles. The van der Waals surface area contributed by atoms with Gasteiger partial charge in [-0.05, 0) is 24.6 Å². The number of carbonyl (C=O) groups excluding carboxylic acids is 1. The van der Waals surface area contributed by atoms with Crippen LogP contribution in [0.25, 0.3) is 5.65 Å². The van der Waals surface area contributed by atoms with Crippen molar-refractivity contribution in [2.24, 2.45) is 0 Å². The van der Waals surface area contributed by atoms with Gasteiger partial charge >= 0.3 is 0 Å². The molecular weight excluding hydrogens is 320 g/mol. The van der Waals surface area contributed by atoms with Crippen molar-refractivity contribution in [2.45, 2.75) is 19.8 Å². The molecule has 2 aromatic heterocycles. The van der Waals surface area contributed by atoms with Crippen LogP contribution in [-0.2, 0) is 17.6 Å². The van der Waals surface area contributed by atoms with Crippen LogP contribution in [0.15, 0.2) is 48.8 Å². The van der Waals surface area contributed by atoms with Gasteiger partial charge < -0.3 is 9.72 Å². The zero-order valence-electron chi connectivity index (χ0n) is 13.8. The van der Waals surface area contributed by atoms with Crippen LogP contribution in [-0.4, -0.2) is 26.8 Å². The molecule has 0 fully saturated rings. The van der Waals surface area contributed by atoms with Gasteiger partial charge in [0.05, 0.1) is 17.0 Å². The van der Waals surface area contributed by atoms with Crippen LogP contribution in [0.3, 0.4) is 0 Å². The van der Waals surface area contributed by atoms with Gasteiger partial charge in [0, 0.05) is 37.0 Å². The van der Waals surface area contributed by atoms with Gasteiger partial charge in [-0.3, -0.25) is 14.9 Å². The second kappa shape index (κ2) is 7.12. The van der Waals surface area contributed by atoms with Gasteiger partial charge in [-0.25, -0.2) is 4.98 Å². The summed E-state index contributed by atoms with van der Waals surface area (Å²) in [5, 5.41) is 13.8. The van der Waals surface area contributed by atoms with E-state index in [-0.39, 0.29) is 18.0 Å². The van der Waals surface area contributed by atoms with Crippen molar-refractivity contribution in [3.05, 3.63) is 75.7 Å². The quantitative estimate of drug-likeness (QED) is 0.552. The van der Waals surface area contributed by atoms with Crippen molar-refractivity contribution in [3.8, 4) is 0 Å². The lowest BCUT2D eigenvalue weighted by Crippen LogP contribution is -2.27. The van der Waals surface area contributed by atoms with Crippen LogP contribution < -0.4 is 5.32 Å². The fourth-order valence-electron chi connectivity index (χ4n) is 2.66. The van der Waals surface area contributed by atoms with Gasteiger partial charge in [0.1, 0.15) is 5.65 Å². The van der Waals surface area contributed by atoms with Crippen molar-refractivity contribution in [1.82, 2.24) is 14.7 Å². The first-order valence-corrected chi connectivity index (χ1v) is 7.96. The smallest absolute Gasteiger partial charge is 0.273 e. The maximum absolute atomic E-state index is 12.0. The molecule has 0 saturated carbocycles. The van der Waals surface area contributed by atoms with Gasteiger partial charge in [-0.1, -0.05) is 18.2 Å². The lowest BCUT2D eigenvalue weighted by molar-refractivity contribution is -0.385. The number of imidazole rings is 1. The first-order valence-electron chi connectivity index (χ1n) is 7.96. The minimum absolute atomic E-state index is 0.0124. The Morgan fingerprint density at radius 2 is 2.12 bits per heavy atom. The molecule has 0 atom stereocenters. The van der Waals surface area contributed by atoms with E-state index in [1.54, 1.807) is 18.2 Å². The van der Waals surface area contributed by atoms with Gasteiger partial charge in [-0.2, -0.15) is 0 Å². The third-order valence-corrected chi connectivity index (χ3v) is 3.91. The Morgan fingerprint density at radius 3 is 2.92 bits per heavy atom. The monoisotopic (exact) mass is 338 g/mol. The highest BCUT2D eigenvalue weighted by molar-refractivity contribution is 5.79. The third-order valence-electron chi connectivity index (χ3n) is 3.91. The number of fused-ring (bicyclic) bond motifs is 1. The maximum Gasteiger partial charge on any atom is 0.273 e. The third kappa shape index (κ3) is 4.00. The molecule has 7 nitrogen and oxygen atoms in total. The lowest BCUT2D eigenvalue weighted by Gasteiger charge is -2.05. The van der Waals surface area contributed by atoms with Crippen molar-refractivity contribution < 1.29 is 9.72 Å². The summed E-state index contributed by atoms with van der Waals surface area (Å²) < 4.78 is 1.94. The van der Waals surface area contributed by atoms with Crippen LogP contribution in [0.4, 0.5) is 5.69 Å². The number of hydrogen-bond donors (Lipinski definition) is 1. The summed E-state index contributed by atoms with van der Waals surface area (Å²) in [5.74, 6) is -0.242. The van der Waals surface area contributed by atoms with E-state index in [1.165, 1.54) is 6.07 Å². The molecule has 1 N–H and O–H groups in total. The predicted molar refractivity (Wildman–Crippen MR) is 93.4 cm³/mol. The molecule has 2 heterocycles. The number of nitro benzene ring substituents is 1. The zero-order valence-corrected chi connectivity index (χ0v) is 13.8. The maximum atomic E-state index is 12.0. The normalized spacial score (nSPS) is 10.8. The number of benzene rings is 1. The van der Waals surface area contributed by atoms with Crippen LogP contribution >= 0.6 is 0 Å². The minimum Gasteiger partial charge on any atom is -0.355 e. The Balaban J connectivity index is 1.56. The summed E-state index contributed by atoms with van der Waals surface area (Å²) in [6.45, 7) is 2.44. The van der Waals surface area contributed by atoms with E-state index in [2.05, 4.69) is 10.3 Å². The molecule has 0 aliphatic rings. The molecule has 3 aromatic rings. The highest BCUT2D eigenvalue weighted by atomic mass is 16.6. The van der Waals surface area contributed by atoms with Crippen molar-refractivity contribution in [2.75, 3.05) is 6.54 Å². The number of aryl methyl sites for hydroxylation is 1. The van der Waals surface area contributed by atoms with Crippen molar-refractivity contribution >= 4 is 17.2 Å². The molecule has 0 spiro atoms. The Morgan fingerprint density at radius 1 is 1.32 bits per heavy atom. The van der Waals surface area contributed by atoms with Gasteiger partial charge in [0.15, 0.2) is 0 Å². The largest absolute Gasteiger partial charge is 0.355 e. The lowest BCUT2D eigenvalue weighted by atomic mass is 10.1. The van der Waals surface area contributed by atoms with E-state index in [9.17, 15) is 14.9 Å². The number of hydrogen-bond acceptors (Lipinski definition) is 4.